The molecule has 86 valence electrons. The lowest BCUT2D eigenvalue weighted by Gasteiger charge is -2.13. The lowest BCUT2D eigenvalue weighted by Crippen LogP contribution is -2.29. The van der Waals surface area contributed by atoms with Gasteiger partial charge in [0, 0.05) is 12.5 Å². The average Bonchev–Trinajstić information content (AvgIpc) is 2.76. The molecule has 1 aliphatic rings. The van der Waals surface area contributed by atoms with E-state index in [1.807, 2.05) is 0 Å². The Balaban J connectivity index is 2.26. The van der Waals surface area contributed by atoms with Crippen molar-refractivity contribution in [3.63, 3.8) is 0 Å². The van der Waals surface area contributed by atoms with Crippen molar-refractivity contribution in [1.29, 1.82) is 0 Å². The molecule has 0 bridgehead atoms. The summed E-state index contributed by atoms with van der Waals surface area (Å²) >= 11 is 0. The van der Waals surface area contributed by atoms with Crippen molar-refractivity contribution >= 4 is 14.0 Å². The molecule has 15 heavy (non-hydrogen) atoms. The molecular weight excluding hydrogens is 206 g/mol. The molecule has 0 aromatic heterocycles. The second kappa shape index (κ2) is 4.49. The van der Waals surface area contributed by atoms with E-state index in [1.54, 1.807) is 5.20 Å². The van der Waals surface area contributed by atoms with Gasteiger partial charge in [-0.25, -0.2) is 0 Å². The largest absolute Gasteiger partial charge is 0.468 e. The Kier molecular flexibility index (Phi) is 3.73. The van der Waals surface area contributed by atoms with Gasteiger partial charge in [0.2, 0.25) is 0 Å². The topological polar surface area (TPSA) is 38.3 Å². The molecule has 0 amide bonds. The van der Waals surface area contributed by atoms with Crippen molar-refractivity contribution in [2.75, 3.05) is 20.2 Å². The smallest absolute Gasteiger partial charge is 0.319 e. The summed E-state index contributed by atoms with van der Waals surface area (Å²) < 4.78 is 4.57. The van der Waals surface area contributed by atoms with Crippen LogP contribution in [0.4, 0.5) is 0 Å². The maximum atomic E-state index is 10.9. The summed E-state index contributed by atoms with van der Waals surface area (Å²) in [5, 5.41) is 4.80. The van der Waals surface area contributed by atoms with Crippen LogP contribution >= 0.6 is 0 Å². The molecule has 4 heteroatoms. The fraction of sp³-hybridized carbons (Fsp3) is 0.727. The number of hydrogen-bond acceptors (Lipinski definition) is 3. The summed E-state index contributed by atoms with van der Waals surface area (Å²) in [7, 11) is 0.303. The number of rotatable bonds is 5. The molecule has 1 N–H and O–H groups in total. The van der Waals surface area contributed by atoms with Gasteiger partial charge in [0.15, 0.2) is 0 Å². The molecular formula is C11H21NO2Si. The lowest BCUT2D eigenvalue weighted by molar-refractivity contribution is -0.139. The summed E-state index contributed by atoms with van der Waals surface area (Å²) in [6, 6.07) is 0. The van der Waals surface area contributed by atoms with Crippen LogP contribution in [0.25, 0.3) is 0 Å². The minimum absolute atomic E-state index is 0.192. The lowest BCUT2D eigenvalue weighted by atomic mass is 10.3. The van der Waals surface area contributed by atoms with Gasteiger partial charge in [0.1, 0.15) is 0 Å². The zero-order chi connectivity index (χ0) is 11.6. The third-order valence-corrected chi connectivity index (χ3v) is 5.22. The van der Waals surface area contributed by atoms with Gasteiger partial charge in [-0.15, -0.1) is 0 Å². The van der Waals surface area contributed by atoms with Crippen LogP contribution in [0.15, 0.2) is 10.8 Å². The van der Waals surface area contributed by atoms with Crippen LogP contribution in [0.5, 0.6) is 0 Å². The fourth-order valence-corrected chi connectivity index (χ4v) is 4.80. The van der Waals surface area contributed by atoms with Crippen LogP contribution in [0.1, 0.15) is 6.92 Å². The summed E-state index contributed by atoms with van der Waals surface area (Å²) in [6.45, 7) is 10.5. The summed E-state index contributed by atoms with van der Waals surface area (Å²) in [5.41, 5.74) is 1.53. The molecule has 0 saturated heterocycles. The third-order valence-electron chi connectivity index (χ3n) is 2.87. The Labute approximate surface area is 92.9 Å². The molecule has 0 aromatic carbocycles. The molecule has 0 heterocycles. The van der Waals surface area contributed by atoms with Gasteiger partial charge in [0.05, 0.1) is 21.7 Å². The molecule has 0 spiro atoms. The standard InChI is InChI=1S/C11H21NO2Si/c1-8-9(11(8)15(3,4)5)6-12-7-10(13)14-2/h9,12H,6-7H2,1-5H3. The van der Waals surface area contributed by atoms with E-state index in [9.17, 15) is 4.79 Å². The Morgan fingerprint density at radius 3 is 2.47 bits per heavy atom. The number of carbonyl (C=O) groups excluding carboxylic acids is 1. The van der Waals surface area contributed by atoms with Crippen LogP contribution in [-0.2, 0) is 9.53 Å². The number of hydrogen-bond donors (Lipinski definition) is 1. The maximum absolute atomic E-state index is 10.9. The molecule has 1 unspecified atom stereocenters. The van der Waals surface area contributed by atoms with Gasteiger partial charge < -0.3 is 10.1 Å². The van der Waals surface area contributed by atoms with Gasteiger partial charge in [-0.2, -0.15) is 0 Å². The molecule has 0 aromatic rings. The Morgan fingerprint density at radius 1 is 1.47 bits per heavy atom. The highest BCUT2D eigenvalue weighted by atomic mass is 28.3. The van der Waals surface area contributed by atoms with Crippen molar-refractivity contribution in [2.45, 2.75) is 26.6 Å². The van der Waals surface area contributed by atoms with Crippen molar-refractivity contribution < 1.29 is 9.53 Å². The van der Waals surface area contributed by atoms with Crippen LogP contribution in [0.3, 0.4) is 0 Å². The molecule has 0 radical (unpaired) electrons. The zero-order valence-electron chi connectivity index (χ0n) is 10.3. The van der Waals surface area contributed by atoms with E-state index in [-0.39, 0.29) is 5.97 Å². The van der Waals surface area contributed by atoms with Crippen molar-refractivity contribution in [1.82, 2.24) is 5.32 Å². The van der Waals surface area contributed by atoms with Crippen molar-refractivity contribution in [3.8, 4) is 0 Å². The van der Waals surface area contributed by atoms with E-state index in [4.69, 9.17) is 0 Å². The van der Waals surface area contributed by atoms with Crippen molar-refractivity contribution in [3.05, 3.63) is 10.8 Å². The number of ether oxygens (including phenoxy) is 1. The van der Waals surface area contributed by atoms with Gasteiger partial charge in [-0.1, -0.05) is 30.4 Å². The average molecular weight is 227 g/mol. The number of carbonyl (C=O) groups is 1. The predicted octanol–water partition coefficient (Wildman–Crippen LogP) is 1.57. The molecule has 1 rings (SSSR count). The van der Waals surface area contributed by atoms with E-state index in [0.717, 1.165) is 6.54 Å². The van der Waals surface area contributed by atoms with Crippen LogP contribution in [-0.4, -0.2) is 34.2 Å². The van der Waals surface area contributed by atoms with Crippen LogP contribution in [0, 0.1) is 5.92 Å². The maximum Gasteiger partial charge on any atom is 0.319 e. The van der Waals surface area contributed by atoms with Gasteiger partial charge in [-0.05, 0) is 6.92 Å². The normalized spacial score (nSPS) is 20.5. The second-order valence-electron chi connectivity index (χ2n) is 5.11. The highest BCUT2D eigenvalue weighted by Crippen LogP contribution is 2.44. The minimum Gasteiger partial charge on any atom is -0.468 e. The Bertz CT molecular complexity index is 291. The summed E-state index contributed by atoms with van der Waals surface area (Å²) in [4.78, 5) is 10.9. The molecule has 1 atom stereocenters. The SMILES string of the molecule is COC(=O)CNCC1C(C)=C1[Si](C)(C)C. The summed E-state index contributed by atoms with van der Waals surface area (Å²) in [6.07, 6.45) is 0. The monoisotopic (exact) mass is 227 g/mol. The molecule has 0 saturated carbocycles. The number of nitrogens with one attached hydrogen (secondary N) is 1. The second-order valence-corrected chi connectivity index (χ2v) is 10.1. The van der Waals surface area contributed by atoms with E-state index >= 15 is 0 Å². The fourth-order valence-electron chi connectivity index (χ4n) is 2.15. The highest BCUT2D eigenvalue weighted by molar-refractivity contribution is 6.84. The Morgan fingerprint density at radius 2 is 2.07 bits per heavy atom. The first-order chi connectivity index (χ1) is 6.88. The number of methoxy groups -OCH3 is 1. The molecule has 0 fully saturated rings. The first-order valence-corrected chi connectivity index (χ1v) is 8.86. The van der Waals surface area contributed by atoms with Crippen molar-refractivity contribution in [2.24, 2.45) is 5.92 Å². The van der Waals surface area contributed by atoms with Crippen LogP contribution < -0.4 is 5.32 Å². The van der Waals surface area contributed by atoms with E-state index in [2.05, 4.69) is 36.6 Å². The van der Waals surface area contributed by atoms with Crippen LogP contribution in [0.2, 0.25) is 19.6 Å². The van der Waals surface area contributed by atoms with Gasteiger partial charge in [0.25, 0.3) is 0 Å². The first-order valence-electron chi connectivity index (χ1n) is 5.36. The van der Waals surface area contributed by atoms with Gasteiger partial charge >= 0.3 is 5.97 Å². The quantitative estimate of drug-likeness (QED) is 0.572. The third kappa shape index (κ3) is 3.17. The van der Waals surface area contributed by atoms with E-state index in [0.29, 0.717) is 12.5 Å². The highest BCUT2D eigenvalue weighted by Gasteiger charge is 2.40. The Hall–Kier alpha value is -0.613. The first kappa shape index (κ1) is 12.5. The van der Waals surface area contributed by atoms with Gasteiger partial charge in [-0.3, -0.25) is 4.79 Å². The predicted molar refractivity (Wildman–Crippen MR) is 64.4 cm³/mol. The minimum atomic E-state index is -1.11. The zero-order valence-corrected chi connectivity index (χ0v) is 11.3. The molecule has 0 aliphatic heterocycles. The molecule has 1 aliphatic carbocycles. The van der Waals surface area contributed by atoms with E-state index in [1.165, 1.54) is 12.7 Å². The summed E-state index contributed by atoms with van der Waals surface area (Å²) in [5.74, 6) is 0.421. The molecule has 3 nitrogen and oxygen atoms in total. The van der Waals surface area contributed by atoms with E-state index < -0.39 is 8.07 Å². The number of esters is 1.